The molecule has 0 radical (unpaired) electrons. The van der Waals surface area contributed by atoms with Gasteiger partial charge in [0, 0.05) is 30.4 Å². The summed E-state index contributed by atoms with van der Waals surface area (Å²) in [6.45, 7) is 2.43. The van der Waals surface area contributed by atoms with Gasteiger partial charge in [-0.25, -0.2) is 13.2 Å². The fraction of sp³-hybridized carbons (Fsp3) is 0.462. The number of hydrogen-bond donors (Lipinski definition) is 1. The van der Waals surface area contributed by atoms with Crippen LogP contribution in [0.25, 0.3) is 0 Å². The van der Waals surface area contributed by atoms with Crippen molar-refractivity contribution in [3.63, 3.8) is 0 Å². The number of rotatable bonds is 5. The lowest BCUT2D eigenvalue weighted by atomic mass is 10.3. The Hall–Kier alpha value is -1.72. The minimum absolute atomic E-state index is 0.0524. The zero-order valence-electron chi connectivity index (χ0n) is 10.5. The molecule has 1 N–H and O–H groups in total. The summed E-state index contributed by atoms with van der Waals surface area (Å²) in [5.41, 5.74) is 0.0524. The van der Waals surface area contributed by atoms with Gasteiger partial charge in [0.05, 0.1) is 6.54 Å². The van der Waals surface area contributed by atoms with Gasteiger partial charge in [-0.2, -0.15) is 0 Å². The quantitative estimate of drug-likeness (QED) is 0.835. The molecule has 1 saturated carbocycles. The van der Waals surface area contributed by atoms with E-state index in [-0.39, 0.29) is 18.1 Å². The standard InChI is InChI=1S/C13H15F3N2O/c1-2-18(9-3-4-9)12(19)7-17-8-5-10(14)13(16)11(15)6-8/h5-6,9,17H,2-4,7H2,1H3. The number of hydrogen-bond acceptors (Lipinski definition) is 2. The fourth-order valence-corrected chi connectivity index (χ4v) is 1.96. The van der Waals surface area contributed by atoms with E-state index < -0.39 is 17.5 Å². The number of carbonyl (C=O) groups is 1. The van der Waals surface area contributed by atoms with E-state index in [9.17, 15) is 18.0 Å². The van der Waals surface area contributed by atoms with E-state index in [4.69, 9.17) is 0 Å². The van der Waals surface area contributed by atoms with Crippen LogP contribution in [-0.2, 0) is 4.79 Å². The van der Waals surface area contributed by atoms with Crippen molar-refractivity contribution in [1.29, 1.82) is 0 Å². The average molecular weight is 272 g/mol. The summed E-state index contributed by atoms with van der Waals surface area (Å²) in [6, 6.07) is 1.96. The molecule has 0 atom stereocenters. The largest absolute Gasteiger partial charge is 0.376 e. The maximum absolute atomic E-state index is 13.0. The van der Waals surface area contributed by atoms with Crippen LogP contribution in [0.15, 0.2) is 12.1 Å². The van der Waals surface area contributed by atoms with Crippen molar-refractivity contribution in [2.24, 2.45) is 0 Å². The Morgan fingerprint density at radius 2 is 1.89 bits per heavy atom. The highest BCUT2D eigenvalue weighted by molar-refractivity contribution is 5.81. The minimum atomic E-state index is -1.51. The van der Waals surface area contributed by atoms with Crippen LogP contribution in [0.2, 0.25) is 0 Å². The number of likely N-dealkylation sites (N-methyl/N-ethyl adjacent to an activating group) is 1. The molecule has 1 aromatic carbocycles. The van der Waals surface area contributed by atoms with Crippen LogP contribution in [-0.4, -0.2) is 29.9 Å². The number of benzene rings is 1. The van der Waals surface area contributed by atoms with Crippen LogP contribution >= 0.6 is 0 Å². The zero-order chi connectivity index (χ0) is 14.0. The highest BCUT2D eigenvalue weighted by Crippen LogP contribution is 2.26. The van der Waals surface area contributed by atoms with Crippen LogP contribution in [0.5, 0.6) is 0 Å². The Morgan fingerprint density at radius 3 is 2.37 bits per heavy atom. The number of halogens is 3. The maximum atomic E-state index is 13.0. The highest BCUT2D eigenvalue weighted by Gasteiger charge is 2.30. The molecule has 6 heteroatoms. The summed E-state index contributed by atoms with van der Waals surface area (Å²) in [7, 11) is 0. The predicted molar refractivity (Wildman–Crippen MR) is 65.2 cm³/mol. The highest BCUT2D eigenvalue weighted by atomic mass is 19.2. The second-order valence-corrected chi connectivity index (χ2v) is 4.52. The fourth-order valence-electron chi connectivity index (χ4n) is 1.96. The number of carbonyl (C=O) groups excluding carboxylic acids is 1. The van der Waals surface area contributed by atoms with Crippen molar-refractivity contribution < 1.29 is 18.0 Å². The van der Waals surface area contributed by atoms with E-state index in [2.05, 4.69) is 5.32 Å². The molecule has 2 rings (SSSR count). The third kappa shape index (κ3) is 3.19. The molecule has 1 aliphatic rings. The van der Waals surface area contributed by atoms with Crippen molar-refractivity contribution in [2.45, 2.75) is 25.8 Å². The van der Waals surface area contributed by atoms with Crippen LogP contribution < -0.4 is 5.32 Å². The molecule has 0 spiro atoms. The SMILES string of the molecule is CCN(C(=O)CNc1cc(F)c(F)c(F)c1)C1CC1. The number of anilines is 1. The molecule has 1 aliphatic carbocycles. The molecule has 0 unspecified atom stereocenters. The summed E-state index contributed by atoms with van der Waals surface area (Å²) in [4.78, 5) is 13.6. The van der Waals surface area contributed by atoms with Gasteiger partial charge < -0.3 is 10.2 Å². The molecular formula is C13H15F3N2O. The van der Waals surface area contributed by atoms with Gasteiger partial charge in [-0.3, -0.25) is 4.79 Å². The molecule has 1 fully saturated rings. The summed E-state index contributed by atoms with van der Waals surface area (Å²) < 4.78 is 38.7. The second-order valence-electron chi connectivity index (χ2n) is 4.52. The lowest BCUT2D eigenvalue weighted by molar-refractivity contribution is -0.129. The molecule has 0 aliphatic heterocycles. The third-order valence-corrected chi connectivity index (χ3v) is 3.08. The van der Waals surface area contributed by atoms with E-state index in [1.165, 1.54) is 0 Å². The molecule has 0 heterocycles. The van der Waals surface area contributed by atoms with Crippen LogP contribution in [0.4, 0.5) is 18.9 Å². The Balaban J connectivity index is 1.96. The van der Waals surface area contributed by atoms with Gasteiger partial charge in [-0.15, -0.1) is 0 Å². The number of nitrogens with zero attached hydrogens (tertiary/aromatic N) is 1. The molecule has 104 valence electrons. The van der Waals surface area contributed by atoms with Crippen LogP contribution in [0.1, 0.15) is 19.8 Å². The molecule has 1 aromatic rings. The van der Waals surface area contributed by atoms with Gasteiger partial charge in [0.15, 0.2) is 17.5 Å². The Morgan fingerprint density at radius 1 is 1.32 bits per heavy atom. The molecule has 0 saturated heterocycles. The van der Waals surface area contributed by atoms with Crippen molar-refractivity contribution in [3.05, 3.63) is 29.6 Å². The maximum Gasteiger partial charge on any atom is 0.242 e. The Labute approximate surface area is 109 Å². The van der Waals surface area contributed by atoms with E-state index in [1.807, 2.05) is 6.92 Å². The first-order valence-electron chi connectivity index (χ1n) is 6.20. The van der Waals surface area contributed by atoms with Gasteiger partial charge in [0.2, 0.25) is 5.91 Å². The second kappa shape index (κ2) is 5.50. The summed E-state index contributed by atoms with van der Waals surface area (Å²) in [5, 5.41) is 2.61. The van der Waals surface area contributed by atoms with Gasteiger partial charge in [0.25, 0.3) is 0 Å². The molecule has 19 heavy (non-hydrogen) atoms. The molecule has 0 aromatic heterocycles. The summed E-state index contributed by atoms with van der Waals surface area (Å²) >= 11 is 0. The lowest BCUT2D eigenvalue weighted by Gasteiger charge is -2.20. The minimum Gasteiger partial charge on any atom is -0.376 e. The summed E-state index contributed by atoms with van der Waals surface area (Å²) in [5.74, 6) is -4.19. The summed E-state index contributed by atoms with van der Waals surface area (Å²) in [6.07, 6.45) is 2.00. The first kappa shape index (κ1) is 13.7. The lowest BCUT2D eigenvalue weighted by Crippen LogP contribution is -2.37. The Bertz CT molecular complexity index is 466. The first-order valence-corrected chi connectivity index (χ1v) is 6.20. The zero-order valence-corrected chi connectivity index (χ0v) is 10.5. The number of nitrogens with one attached hydrogen (secondary N) is 1. The topological polar surface area (TPSA) is 32.3 Å². The molecule has 3 nitrogen and oxygen atoms in total. The van der Waals surface area contributed by atoms with Crippen molar-refractivity contribution in [2.75, 3.05) is 18.4 Å². The van der Waals surface area contributed by atoms with Crippen molar-refractivity contribution in [3.8, 4) is 0 Å². The van der Waals surface area contributed by atoms with Crippen LogP contribution in [0, 0.1) is 17.5 Å². The Kier molecular flexibility index (Phi) is 3.97. The number of amides is 1. The molecule has 0 bridgehead atoms. The van der Waals surface area contributed by atoms with Gasteiger partial charge in [-0.1, -0.05) is 0 Å². The average Bonchev–Trinajstić information content (AvgIpc) is 3.18. The smallest absolute Gasteiger partial charge is 0.242 e. The molecule has 1 amide bonds. The predicted octanol–water partition coefficient (Wildman–Crippen LogP) is 2.53. The van der Waals surface area contributed by atoms with Gasteiger partial charge in [0.1, 0.15) is 0 Å². The van der Waals surface area contributed by atoms with E-state index in [0.717, 1.165) is 25.0 Å². The van der Waals surface area contributed by atoms with Gasteiger partial charge >= 0.3 is 0 Å². The van der Waals surface area contributed by atoms with E-state index >= 15 is 0 Å². The molecular weight excluding hydrogens is 257 g/mol. The monoisotopic (exact) mass is 272 g/mol. The van der Waals surface area contributed by atoms with Gasteiger partial charge in [-0.05, 0) is 19.8 Å². The van der Waals surface area contributed by atoms with Crippen molar-refractivity contribution >= 4 is 11.6 Å². The van der Waals surface area contributed by atoms with Crippen LogP contribution in [0.3, 0.4) is 0 Å². The first-order chi connectivity index (χ1) is 9.02. The van der Waals surface area contributed by atoms with E-state index in [1.54, 1.807) is 4.90 Å². The van der Waals surface area contributed by atoms with E-state index in [0.29, 0.717) is 12.6 Å². The normalized spacial score (nSPS) is 14.3. The third-order valence-electron chi connectivity index (χ3n) is 3.08. The van der Waals surface area contributed by atoms with Crippen molar-refractivity contribution in [1.82, 2.24) is 4.90 Å².